The largest absolute Gasteiger partial charge is 0.496 e. The van der Waals surface area contributed by atoms with Gasteiger partial charge < -0.3 is 9.64 Å². The minimum absolute atomic E-state index is 0.0740. The molecule has 0 saturated heterocycles. The van der Waals surface area contributed by atoms with Crippen molar-refractivity contribution in [3.05, 3.63) is 59.4 Å². The lowest BCUT2D eigenvalue weighted by Crippen LogP contribution is -2.42. The molecule has 140 valence electrons. The van der Waals surface area contributed by atoms with Crippen molar-refractivity contribution in [3.63, 3.8) is 0 Å². The number of nitrogens with one attached hydrogen (secondary N) is 1. The minimum Gasteiger partial charge on any atom is -0.496 e. The van der Waals surface area contributed by atoms with E-state index in [1.54, 1.807) is 31.7 Å². The normalized spacial score (nSPS) is 15.3. The predicted octanol–water partition coefficient (Wildman–Crippen LogP) is 3.49. The van der Waals surface area contributed by atoms with Crippen molar-refractivity contribution in [1.29, 1.82) is 0 Å². The lowest BCUT2D eigenvalue weighted by Gasteiger charge is -2.40. The molecular formula is C21H24N4O2. The Morgan fingerprint density at radius 1 is 1.37 bits per heavy atom. The third-order valence-electron chi connectivity index (χ3n) is 4.86. The highest BCUT2D eigenvalue weighted by Crippen LogP contribution is 2.40. The summed E-state index contributed by atoms with van der Waals surface area (Å²) in [5, 5.41) is 4.08. The average molecular weight is 364 g/mol. The molecule has 1 aliphatic rings. The molecule has 1 aliphatic heterocycles. The fraction of sp³-hybridized carbons (Fsp3) is 0.286. The van der Waals surface area contributed by atoms with Crippen molar-refractivity contribution in [1.82, 2.24) is 10.4 Å². The van der Waals surface area contributed by atoms with E-state index in [0.717, 1.165) is 16.8 Å². The maximum absolute atomic E-state index is 12.1. The Kier molecular flexibility index (Phi) is 4.99. The minimum atomic E-state index is -0.311. The van der Waals surface area contributed by atoms with E-state index in [0.29, 0.717) is 11.3 Å². The molecule has 0 bridgehead atoms. The Morgan fingerprint density at radius 2 is 2.15 bits per heavy atom. The lowest BCUT2D eigenvalue weighted by atomic mass is 9.88. The van der Waals surface area contributed by atoms with Gasteiger partial charge >= 0.3 is 0 Å². The number of carbonyl (C=O) groups is 1. The molecule has 0 atom stereocenters. The van der Waals surface area contributed by atoms with Gasteiger partial charge in [-0.25, -0.2) is 5.43 Å². The first-order chi connectivity index (χ1) is 12.8. The summed E-state index contributed by atoms with van der Waals surface area (Å²) in [6.07, 6.45) is 6.95. The van der Waals surface area contributed by atoms with Crippen LogP contribution in [0.3, 0.4) is 0 Å². The summed E-state index contributed by atoms with van der Waals surface area (Å²) in [5.41, 5.74) is 7.12. The Bertz CT molecular complexity index is 917. The number of methoxy groups -OCH3 is 1. The first kappa shape index (κ1) is 18.6. The number of ether oxygens (including phenoxy) is 1. The van der Waals surface area contributed by atoms with E-state index in [1.807, 2.05) is 12.1 Å². The van der Waals surface area contributed by atoms with Crippen LogP contribution in [0.15, 0.2) is 47.8 Å². The number of nitrogens with zero attached hydrogens (tertiary/aromatic N) is 3. The Balaban J connectivity index is 1.89. The molecule has 0 saturated carbocycles. The van der Waals surface area contributed by atoms with E-state index in [2.05, 4.69) is 54.3 Å². The number of aromatic nitrogens is 1. The van der Waals surface area contributed by atoms with Gasteiger partial charge in [-0.1, -0.05) is 6.08 Å². The summed E-state index contributed by atoms with van der Waals surface area (Å²) in [4.78, 5) is 18.2. The van der Waals surface area contributed by atoms with E-state index in [1.165, 1.54) is 11.8 Å². The summed E-state index contributed by atoms with van der Waals surface area (Å²) in [6.45, 7) is 6.45. The smallest absolute Gasteiger partial charge is 0.272 e. The number of amides is 1. The molecule has 0 spiro atoms. The Labute approximate surface area is 159 Å². The molecule has 6 nitrogen and oxygen atoms in total. The van der Waals surface area contributed by atoms with Gasteiger partial charge in [0.05, 0.1) is 24.4 Å². The van der Waals surface area contributed by atoms with E-state index in [4.69, 9.17) is 4.74 Å². The van der Waals surface area contributed by atoms with Gasteiger partial charge in [0.2, 0.25) is 0 Å². The summed E-state index contributed by atoms with van der Waals surface area (Å²) in [6, 6.07) is 7.44. The Morgan fingerprint density at radius 3 is 2.81 bits per heavy atom. The van der Waals surface area contributed by atoms with E-state index >= 15 is 0 Å². The summed E-state index contributed by atoms with van der Waals surface area (Å²) in [5.74, 6) is 0.388. The summed E-state index contributed by atoms with van der Waals surface area (Å²) < 4.78 is 5.55. The van der Waals surface area contributed by atoms with Crippen LogP contribution in [-0.2, 0) is 0 Å². The molecule has 2 aromatic rings. The van der Waals surface area contributed by atoms with Gasteiger partial charge in [0, 0.05) is 42.3 Å². The van der Waals surface area contributed by atoms with Crippen molar-refractivity contribution in [2.45, 2.75) is 26.3 Å². The van der Waals surface area contributed by atoms with Gasteiger partial charge in [-0.15, -0.1) is 0 Å². The molecule has 0 aliphatic carbocycles. The zero-order valence-corrected chi connectivity index (χ0v) is 16.3. The first-order valence-corrected chi connectivity index (χ1v) is 8.72. The fourth-order valence-corrected chi connectivity index (χ4v) is 3.19. The van der Waals surface area contributed by atoms with E-state index < -0.39 is 0 Å². The fourth-order valence-electron chi connectivity index (χ4n) is 3.19. The van der Waals surface area contributed by atoms with Crippen LogP contribution < -0.4 is 15.1 Å². The number of anilines is 1. The first-order valence-electron chi connectivity index (χ1n) is 8.72. The van der Waals surface area contributed by atoms with Crippen molar-refractivity contribution < 1.29 is 9.53 Å². The van der Waals surface area contributed by atoms with Crippen molar-refractivity contribution in [3.8, 4) is 5.75 Å². The van der Waals surface area contributed by atoms with Crippen LogP contribution >= 0.6 is 0 Å². The number of carbonyl (C=O) groups excluding carboxylic acids is 1. The number of rotatable bonds is 4. The molecule has 27 heavy (non-hydrogen) atoms. The van der Waals surface area contributed by atoms with Gasteiger partial charge in [-0.3, -0.25) is 9.78 Å². The van der Waals surface area contributed by atoms with Crippen LogP contribution in [0.5, 0.6) is 5.75 Å². The van der Waals surface area contributed by atoms with Gasteiger partial charge in [0.25, 0.3) is 5.91 Å². The molecule has 0 fully saturated rings. The SMILES string of the molecule is COc1cc2c(cc1/C=N\NC(=O)c1cccnc1)C(C)=CC(C)(C)N2C. The molecule has 1 aromatic heterocycles. The third kappa shape index (κ3) is 3.69. The predicted molar refractivity (Wildman–Crippen MR) is 108 cm³/mol. The highest BCUT2D eigenvalue weighted by atomic mass is 16.5. The number of benzene rings is 1. The third-order valence-corrected chi connectivity index (χ3v) is 4.86. The van der Waals surface area contributed by atoms with Gasteiger partial charge in [-0.05, 0) is 44.5 Å². The summed E-state index contributed by atoms with van der Waals surface area (Å²) >= 11 is 0. The monoisotopic (exact) mass is 364 g/mol. The second-order valence-corrected chi connectivity index (χ2v) is 7.09. The number of hydrogen-bond acceptors (Lipinski definition) is 5. The number of hydrogen-bond donors (Lipinski definition) is 1. The van der Waals surface area contributed by atoms with E-state index in [9.17, 15) is 4.79 Å². The standard InChI is InChI=1S/C21H24N4O2/c1-14-11-21(2,3)25(4)18-10-19(27-5)16(9-17(14)18)13-23-24-20(26)15-7-6-8-22-12-15/h6-13H,1-5H3,(H,24,26)/b23-13-. The molecule has 6 heteroatoms. The molecule has 0 unspecified atom stereocenters. The van der Waals surface area contributed by atoms with Crippen LogP contribution in [0.2, 0.25) is 0 Å². The van der Waals surface area contributed by atoms with Crippen LogP contribution in [0.25, 0.3) is 5.57 Å². The van der Waals surface area contributed by atoms with Crippen LogP contribution in [0.1, 0.15) is 42.3 Å². The second-order valence-electron chi connectivity index (χ2n) is 7.09. The highest BCUT2D eigenvalue weighted by molar-refractivity contribution is 5.95. The molecule has 2 heterocycles. The van der Waals surface area contributed by atoms with Crippen molar-refractivity contribution in [2.24, 2.45) is 5.10 Å². The molecule has 1 N–H and O–H groups in total. The van der Waals surface area contributed by atoms with Crippen molar-refractivity contribution >= 4 is 23.4 Å². The number of fused-ring (bicyclic) bond motifs is 1. The lowest BCUT2D eigenvalue weighted by molar-refractivity contribution is 0.0954. The van der Waals surface area contributed by atoms with E-state index in [-0.39, 0.29) is 11.4 Å². The molecule has 1 aromatic carbocycles. The number of pyridine rings is 1. The maximum atomic E-state index is 12.1. The Hall–Kier alpha value is -3.15. The molecule has 0 radical (unpaired) electrons. The number of likely N-dealkylation sites (N-methyl/N-ethyl adjacent to an activating group) is 1. The van der Waals surface area contributed by atoms with Crippen LogP contribution in [0, 0.1) is 0 Å². The van der Waals surface area contributed by atoms with Crippen molar-refractivity contribution in [2.75, 3.05) is 19.1 Å². The second kappa shape index (κ2) is 7.23. The van der Waals surface area contributed by atoms with Gasteiger partial charge in [-0.2, -0.15) is 5.10 Å². The summed E-state index contributed by atoms with van der Waals surface area (Å²) in [7, 11) is 3.70. The van der Waals surface area contributed by atoms with Crippen LogP contribution in [-0.4, -0.2) is 36.8 Å². The molecule has 1 amide bonds. The maximum Gasteiger partial charge on any atom is 0.272 e. The quantitative estimate of drug-likeness (QED) is 0.666. The topological polar surface area (TPSA) is 66.8 Å². The van der Waals surface area contributed by atoms with Gasteiger partial charge in [0.1, 0.15) is 5.75 Å². The zero-order chi connectivity index (χ0) is 19.6. The van der Waals surface area contributed by atoms with Crippen LogP contribution in [0.4, 0.5) is 5.69 Å². The van der Waals surface area contributed by atoms with Gasteiger partial charge in [0.15, 0.2) is 0 Å². The zero-order valence-electron chi connectivity index (χ0n) is 16.3. The number of allylic oxidation sites excluding steroid dienone is 1. The number of hydrazone groups is 1. The molecule has 3 rings (SSSR count). The highest BCUT2D eigenvalue weighted by Gasteiger charge is 2.29. The molecular weight excluding hydrogens is 340 g/mol. The average Bonchev–Trinajstić information content (AvgIpc) is 2.66.